The van der Waals surface area contributed by atoms with Crippen LogP contribution in [0.2, 0.25) is 10.0 Å². The van der Waals surface area contributed by atoms with Gasteiger partial charge in [0.25, 0.3) is 0 Å². The SMILES string of the molecule is CNc1nc(NCc2ccccc2C)c(Cl)cc1Cl. The maximum absolute atomic E-state index is 6.13. The van der Waals surface area contributed by atoms with Crippen molar-refractivity contribution < 1.29 is 0 Å². The minimum absolute atomic E-state index is 0.508. The van der Waals surface area contributed by atoms with Gasteiger partial charge in [0.1, 0.15) is 11.6 Å². The highest BCUT2D eigenvalue weighted by Crippen LogP contribution is 2.29. The maximum Gasteiger partial charge on any atom is 0.147 e. The molecule has 0 fully saturated rings. The number of halogens is 2. The standard InChI is InChI=1S/C14H15Cl2N3/c1-9-5-3-4-6-10(9)8-18-14-12(16)7-11(15)13(17-2)19-14/h3-7H,8H2,1-2H3,(H2,17,18,19). The van der Waals surface area contributed by atoms with Crippen molar-refractivity contribution >= 4 is 34.8 Å². The highest BCUT2D eigenvalue weighted by Gasteiger charge is 2.08. The Balaban J connectivity index is 2.18. The molecule has 2 aromatic rings. The molecule has 0 aliphatic heterocycles. The van der Waals surface area contributed by atoms with Crippen LogP contribution in [0.4, 0.5) is 11.6 Å². The van der Waals surface area contributed by atoms with Gasteiger partial charge in [0, 0.05) is 13.6 Å². The minimum atomic E-state index is 0.508. The van der Waals surface area contributed by atoms with Crippen LogP contribution < -0.4 is 10.6 Å². The molecule has 0 bridgehead atoms. The molecule has 0 spiro atoms. The lowest BCUT2D eigenvalue weighted by atomic mass is 10.1. The second-order valence-corrected chi connectivity index (χ2v) is 4.99. The molecule has 100 valence electrons. The topological polar surface area (TPSA) is 37.0 Å². The molecule has 0 atom stereocenters. The number of pyridine rings is 1. The second kappa shape index (κ2) is 6.13. The van der Waals surface area contributed by atoms with Crippen LogP contribution in [0.15, 0.2) is 30.3 Å². The van der Waals surface area contributed by atoms with Crippen LogP contribution in [0.5, 0.6) is 0 Å². The number of benzene rings is 1. The summed E-state index contributed by atoms with van der Waals surface area (Å²) in [5.74, 6) is 1.23. The van der Waals surface area contributed by atoms with E-state index in [1.165, 1.54) is 11.1 Å². The van der Waals surface area contributed by atoms with Crippen LogP contribution in [-0.4, -0.2) is 12.0 Å². The Kier molecular flexibility index (Phi) is 4.51. The lowest BCUT2D eigenvalue weighted by molar-refractivity contribution is 1.09. The molecule has 0 amide bonds. The largest absolute Gasteiger partial charge is 0.372 e. The van der Waals surface area contributed by atoms with E-state index in [2.05, 4.69) is 34.7 Å². The molecule has 0 saturated heterocycles. The predicted octanol–water partition coefficient (Wildman–Crippen LogP) is 4.35. The molecule has 19 heavy (non-hydrogen) atoms. The van der Waals surface area contributed by atoms with Gasteiger partial charge in [0.15, 0.2) is 0 Å². The van der Waals surface area contributed by atoms with Gasteiger partial charge in [-0.1, -0.05) is 47.5 Å². The number of aryl methyl sites for hydroxylation is 1. The summed E-state index contributed by atoms with van der Waals surface area (Å²) in [6, 6.07) is 9.87. The zero-order chi connectivity index (χ0) is 13.8. The maximum atomic E-state index is 6.13. The van der Waals surface area contributed by atoms with Crippen molar-refractivity contribution in [2.75, 3.05) is 17.7 Å². The first-order valence-corrected chi connectivity index (χ1v) is 6.69. The van der Waals surface area contributed by atoms with E-state index in [1.54, 1.807) is 13.1 Å². The average molecular weight is 296 g/mol. The molecular weight excluding hydrogens is 281 g/mol. The predicted molar refractivity (Wildman–Crippen MR) is 82.3 cm³/mol. The summed E-state index contributed by atoms with van der Waals surface area (Å²) in [4.78, 5) is 4.35. The van der Waals surface area contributed by atoms with Crippen LogP contribution in [0.3, 0.4) is 0 Å². The molecule has 1 aromatic heterocycles. The Bertz CT molecular complexity index is 585. The summed E-state index contributed by atoms with van der Waals surface area (Å²) < 4.78 is 0. The third-order valence-corrected chi connectivity index (χ3v) is 3.45. The van der Waals surface area contributed by atoms with Crippen molar-refractivity contribution in [2.24, 2.45) is 0 Å². The number of rotatable bonds is 4. The van der Waals surface area contributed by atoms with Gasteiger partial charge in [-0.2, -0.15) is 0 Å². The molecule has 0 aliphatic rings. The first-order valence-electron chi connectivity index (χ1n) is 5.94. The third-order valence-electron chi connectivity index (χ3n) is 2.87. The minimum Gasteiger partial charge on any atom is -0.372 e. The smallest absolute Gasteiger partial charge is 0.147 e. The molecular formula is C14H15Cl2N3. The number of nitrogens with zero attached hydrogens (tertiary/aromatic N) is 1. The Hall–Kier alpha value is -1.45. The van der Waals surface area contributed by atoms with Crippen LogP contribution >= 0.6 is 23.2 Å². The Morgan fingerprint density at radius 3 is 2.47 bits per heavy atom. The van der Waals surface area contributed by atoms with Crippen LogP contribution in [0.1, 0.15) is 11.1 Å². The quantitative estimate of drug-likeness (QED) is 0.880. The summed E-state index contributed by atoms with van der Waals surface area (Å²) in [6.45, 7) is 2.75. The number of anilines is 2. The fourth-order valence-corrected chi connectivity index (χ4v) is 2.27. The zero-order valence-corrected chi connectivity index (χ0v) is 12.3. The third kappa shape index (κ3) is 3.31. The number of nitrogens with one attached hydrogen (secondary N) is 2. The highest BCUT2D eigenvalue weighted by molar-refractivity contribution is 6.37. The van der Waals surface area contributed by atoms with E-state index in [4.69, 9.17) is 23.2 Å². The molecule has 1 aromatic carbocycles. The molecule has 5 heteroatoms. The van der Waals surface area contributed by atoms with E-state index in [0.29, 0.717) is 28.2 Å². The Morgan fingerprint density at radius 2 is 1.79 bits per heavy atom. The lowest BCUT2D eigenvalue weighted by Crippen LogP contribution is -2.05. The van der Waals surface area contributed by atoms with Gasteiger partial charge in [-0.05, 0) is 24.1 Å². The normalized spacial score (nSPS) is 10.3. The summed E-state index contributed by atoms with van der Waals surface area (Å²) >= 11 is 12.1. The van der Waals surface area contributed by atoms with Gasteiger partial charge < -0.3 is 10.6 Å². The van der Waals surface area contributed by atoms with E-state index in [9.17, 15) is 0 Å². The lowest BCUT2D eigenvalue weighted by Gasteiger charge is -2.12. The van der Waals surface area contributed by atoms with Crippen molar-refractivity contribution in [3.05, 3.63) is 51.5 Å². The first-order chi connectivity index (χ1) is 9.11. The van der Waals surface area contributed by atoms with Crippen molar-refractivity contribution in [3.8, 4) is 0 Å². The van der Waals surface area contributed by atoms with E-state index < -0.39 is 0 Å². The van der Waals surface area contributed by atoms with Crippen molar-refractivity contribution in [3.63, 3.8) is 0 Å². The second-order valence-electron chi connectivity index (χ2n) is 4.18. The van der Waals surface area contributed by atoms with Crippen LogP contribution in [-0.2, 0) is 6.54 Å². The van der Waals surface area contributed by atoms with E-state index >= 15 is 0 Å². The summed E-state index contributed by atoms with van der Waals surface area (Å²) in [5, 5.41) is 7.18. The van der Waals surface area contributed by atoms with Gasteiger partial charge in [0.05, 0.1) is 10.0 Å². The number of hydrogen-bond donors (Lipinski definition) is 2. The van der Waals surface area contributed by atoms with Gasteiger partial charge in [-0.3, -0.25) is 0 Å². The van der Waals surface area contributed by atoms with Crippen molar-refractivity contribution in [1.82, 2.24) is 4.98 Å². The van der Waals surface area contributed by atoms with Crippen LogP contribution in [0.25, 0.3) is 0 Å². The first kappa shape index (κ1) is 14.0. The average Bonchev–Trinajstić information content (AvgIpc) is 2.39. The molecule has 2 rings (SSSR count). The summed E-state index contributed by atoms with van der Waals surface area (Å²) in [7, 11) is 1.77. The van der Waals surface area contributed by atoms with E-state index in [-0.39, 0.29) is 0 Å². The molecule has 0 radical (unpaired) electrons. The molecule has 1 heterocycles. The van der Waals surface area contributed by atoms with Gasteiger partial charge in [-0.25, -0.2) is 4.98 Å². The molecule has 0 saturated carbocycles. The Labute approximate surface area is 123 Å². The Morgan fingerprint density at radius 1 is 1.11 bits per heavy atom. The van der Waals surface area contributed by atoms with Gasteiger partial charge in [-0.15, -0.1) is 0 Å². The summed E-state index contributed by atoms with van der Waals surface area (Å²) in [6.07, 6.45) is 0. The fraction of sp³-hybridized carbons (Fsp3) is 0.214. The number of aromatic nitrogens is 1. The molecule has 3 nitrogen and oxygen atoms in total. The number of hydrogen-bond acceptors (Lipinski definition) is 3. The van der Waals surface area contributed by atoms with E-state index in [0.717, 1.165) is 0 Å². The molecule has 0 aliphatic carbocycles. The van der Waals surface area contributed by atoms with Gasteiger partial charge in [0.2, 0.25) is 0 Å². The zero-order valence-electron chi connectivity index (χ0n) is 10.8. The molecule has 0 unspecified atom stereocenters. The van der Waals surface area contributed by atoms with Crippen molar-refractivity contribution in [1.29, 1.82) is 0 Å². The molecule has 2 N–H and O–H groups in total. The monoisotopic (exact) mass is 295 g/mol. The van der Waals surface area contributed by atoms with Gasteiger partial charge >= 0.3 is 0 Å². The summed E-state index contributed by atoms with van der Waals surface area (Å²) in [5.41, 5.74) is 2.44. The highest BCUT2D eigenvalue weighted by atomic mass is 35.5. The van der Waals surface area contributed by atoms with Crippen molar-refractivity contribution in [2.45, 2.75) is 13.5 Å². The fourth-order valence-electron chi connectivity index (χ4n) is 1.75. The van der Waals surface area contributed by atoms with E-state index in [1.807, 2.05) is 12.1 Å². The van der Waals surface area contributed by atoms with Crippen LogP contribution in [0, 0.1) is 6.92 Å².